The van der Waals surface area contributed by atoms with E-state index in [2.05, 4.69) is 13.8 Å². The first-order chi connectivity index (χ1) is 7.59. The zero-order chi connectivity index (χ0) is 12.0. The van der Waals surface area contributed by atoms with Crippen LogP contribution in [-0.4, -0.2) is 19.0 Å². The molecule has 0 aromatic heterocycles. The molecule has 1 aromatic carbocycles. The Morgan fingerprint density at radius 1 is 1.25 bits per heavy atom. The third kappa shape index (κ3) is 4.58. The van der Waals surface area contributed by atoms with Crippen LogP contribution in [0.15, 0.2) is 24.3 Å². The molecule has 0 unspecified atom stereocenters. The molecule has 0 amide bonds. The number of hydrogen-bond donors (Lipinski definition) is 0. The fourth-order valence-electron chi connectivity index (χ4n) is 1.31. The minimum Gasteiger partial charge on any atom is -0.373 e. The van der Waals surface area contributed by atoms with E-state index in [1.807, 2.05) is 31.2 Å². The number of ketones is 1. The summed E-state index contributed by atoms with van der Waals surface area (Å²) in [6.45, 7) is 7.15. The summed E-state index contributed by atoms with van der Waals surface area (Å²) in [5.41, 5.74) is 1.90. The molecule has 88 valence electrons. The second-order valence-electron chi connectivity index (χ2n) is 4.52. The molecule has 0 spiro atoms. The zero-order valence-electron chi connectivity index (χ0n) is 10.3. The van der Waals surface area contributed by atoms with Crippen LogP contribution >= 0.6 is 0 Å². The van der Waals surface area contributed by atoms with Crippen molar-refractivity contribution in [1.82, 2.24) is 0 Å². The van der Waals surface area contributed by atoms with Crippen LogP contribution in [0.4, 0.5) is 0 Å². The number of Topliss-reactive ketones (excluding diaryl/α,β-unsaturated/α-hetero) is 1. The molecule has 0 aliphatic heterocycles. The van der Waals surface area contributed by atoms with Gasteiger partial charge in [-0.05, 0) is 19.3 Å². The predicted octanol–water partition coefficient (Wildman–Crippen LogP) is 3.24. The van der Waals surface area contributed by atoms with Crippen molar-refractivity contribution in [2.24, 2.45) is 5.92 Å². The maximum Gasteiger partial charge on any atom is 0.188 e. The van der Waals surface area contributed by atoms with Crippen molar-refractivity contribution in [3.8, 4) is 0 Å². The topological polar surface area (TPSA) is 26.3 Å². The molecule has 0 bridgehead atoms. The molecule has 0 atom stereocenters. The third-order valence-corrected chi connectivity index (χ3v) is 2.45. The van der Waals surface area contributed by atoms with Gasteiger partial charge in [-0.1, -0.05) is 43.7 Å². The fourth-order valence-corrected chi connectivity index (χ4v) is 1.31. The van der Waals surface area contributed by atoms with Crippen LogP contribution < -0.4 is 0 Å². The first kappa shape index (κ1) is 12.9. The van der Waals surface area contributed by atoms with Crippen molar-refractivity contribution in [2.45, 2.75) is 27.2 Å². The normalized spacial score (nSPS) is 10.8. The number of hydrogen-bond acceptors (Lipinski definition) is 2. The first-order valence-electron chi connectivity index (χ1n) is 5.77. The molecule has 0 aliphatic carbocycles. The van der Waals surface area contributed by atoms with Crippen molar-refractivity contribution in [3.63, 3.8) is 0 Å². The van der Waals surface area contributed by atoms with Crippen LogP contribution in [-0.2, 0) is 4.74 Å². The standard InChI is InChI=1S/C14H20O2/c1-11(2)8-9-16-10-14(15)13-6-4-12(3)5-7-13/h4-7,11H,8-10H2,1-3H3. The average Bonchev–Trinajstić information content (AvgIpc) is 2.25. The Morgan fingerprint density at radius 3 is 2.44 bits per heavy atom. The van der Waals surface area contributed by atoms with E-state index in [-0.39, 0.29) is 12.4 Å². The lowest BCUT2D eigenvalue weighted by Gasteiger charge is -2.06. The van der Waals surface area contributed by atoms with E-state index < -0.39 is 0 Å². The molecule has 0 saturated carbocycles. The van der Waals surface area contributed by atoms with Crippen molar-refractivity contribution < 1.29 is 9.53 Å². The van der Waals surface area contributed by atoms with Gasteiger partial charge in [-0.25, -0.2) is 0 Å². The van der Waals surface area contributed by atoms with E-state index in [0.29, 0.717) is 12.5 Å². The van der Waals surface area contributed by atoms with Gasteiger partial charge in [0, 0.05) is 12.2 Å². The van der Waals surface area contributed by atoms with Gasteiger partial charge in [-0.3, -0.25) is 4.79 Å². The second kappa shape index (κ2) is 6.44. The zero-order valence-corrected chi connectivity index (χ0v) is 10.3. The summed E-state index contributed by atoms with van der Waals surface area (Å²) in [4.78, 5) is 11.7. The predicted molar refractivity (Wildman–Crippen MR) is 65.8 cm³/mol. The fraction of sp³-hybridized carbons (Fsp3) is 0.500. The summed E-state index contributed by atoms with van der Waals surface area (Å²) in [6, 6.07) is 7.59. The van der Waals surface area contributed by atoms with Gasteiger partial charge < -0.3 is 4.74 Å². The Kier molecular flexibility index (Phi) is 5.20. The van der Waals surface area contributed by atoms with Gasteiger partial charge in [0.1, 0.15) is 6.61 Å². The number of ether oxygens (including phenoxy) is 1. The van der Waals surface area contributed by atoms with E-state index in [0.717, 1.165) is 17.5 Å². The van der Waals surface area contributed by atoms with Gasteiger partial charge >= 0.3 is 0 Å². The molecule has 0 saturated heterocycles. The first-order valence-corrected chi connectivity index (χ1v) is 5.77. The number of carbonyl (C=O) groups excluding carboxylic acids is 1. The van der Waals surface area contributed by atoms with Crippen molar-refractivity contribution in [1.29, 1.82) is 0 Å². The van der Waals surface area contributed by atoms with Crippen LogP contribution in [0.1, 0.15) is 36.2 Å². The van der Waals surface area contributed by atoms with Gasteiger partial charge in [0.15, 0.2) is 5.78 Å². The lowest BCUT2D eigenvalue weighted by Crippen LogP contribution is -2.10. The summed E-state index contributed by atoms with van der Waals surface area (Å²) in [5.74, 6) is 0.679. The third-order valence-electron chi connectivity index (χ3n) is 2.45. The van der Waals surface area contributed by atoms with Gasteiger partial charge in [0.05, 0.1) is 0 Å². The highest BCUT2D eigenvalue weighted by Gasteiger charge is 2.05. The highest BCUT2D eigenvalue weighted by molar-refractivity contribution is 5.97. The van der Waals surface area contributed by atoms with Crippen LogP contribution in [0.5, 0.6) is 0 Å². The molecule has 0 fully saturated rings. The molecule has 1 rings (SSSR count). The minimum atomic E-state index is 0.0590. The lowest BCUT2D eigenvalue weighted by atomic mass is 10.1. The maximum absolute atomic E-state index is 11.7. The smallest absolute Gasteiger partial charge is 0.188 e. The SMILES string of the molecule is Cc1ccc(C(=O)COCCC(C)C)cc1. The molecular weight excluding hydrogens is 200 g/mol. The van der Waals surface area contributed by atoms with Crippen LogP contribution in [0.25, 0.3) is 0 Å². The molecule has 0 N–H and O–H groups in total. The molecule has 2 heteroatoms. The number of rotatable bonds is 6. The molecule has 2 nitrogen and oxygen atoms in total. The largest absolute Gasteiger partial charge is 0.373 e. The monoisotopic (exact) mass is 220 g/mol. The highest BCUT2D eigenvalue weighted by Crippen LogP contribution is 2.05. The lowest BCUT2D eigenvalue weighted by molar-refractivity contribution is 0.0739. The summed E-state index contributed by atoms with van der Waals surface area (Å²) >= 11 is 0. The molecule has 0 radical (unpaired) electrons. The Bertz CT molecular complexity index is 325. The van der Waals surface area contributed by atoms with Gasteiger partial charge in [0.25, 0.3) is 0 Å². The van der Waals surface area contributed by atoms with Crippen molar-refractivity contribution in [3.05, 3.63) is 35.4 Å². The van der Waals surface area contributed by atoms with E-state index in [4.69, 9.17) is 4.74 Å². The van der Waals surface area contributed by atoms with E-state index >= 15 is 0 Å². The summed E-state index contributed by atoms with van der Waals surface area (Å²) in [5, 5.41) is 0. The summed E-state index contributed by atoms with van der Waals surface area (Å²) in [6.07, 6.45) is 1.00. The van der Waals surface area contributed by atoms with Crippen molar-refractivity contribution >= 4 is 5.78 Å². The Balaban J connectivity index is 2.32. The Hall–Kier alpha value is -1.15. The van der Waals surface area contributed by atoms with E-state index in [9.17, 15) is 4.79 Å². The van der Waals surface area contributed by atoms with E-state index in [1.54, 1.807) is 0 Å². The van der Waals surface area contributed by atoms with Crippen LogP contribution in [0.2, 0.25) is 0 Å². The molecule has 1 aromatic rings. The van der Waals surface area contributed by atoms with Crippen LogP contribution in [0, 0.1) is 12.8 Å². The molecule has 16 heavy (non-hydrogen) atoms. The summed E-state index contributed by atoms with van der Waals surface area (Å²) < 4.78 is 5.34. The number of aryl methyl sites for hydroxylation is 1. The van der Waals surface area contributed by atoms with E-state index in [1.165, 1.54) is 0 Å². The van der Waals surface area contributed by atoms with Crippen molar-refractivity contribution in [2.75, 3.05) is 13.2 Å². The number of carbonyl (C=O) groups is 1. The van der Waals surface area contributed by atoms with Gasteiger partial charge in [0.2, 0.25) is 0 Å². The average molecular weight is 220 g/mol. The van der Waals surface area contributed by atoms with Crippen LogP contribution in [0.3, 0.4) is 0 Å². The summed E-state index contributed by atoms with van der Waals surface area (Å²) in [7, 11) is 0. The maximum atomic E-state index is 11.7. The quantitative estimate of drug-likeness (QED) is 0.543. The second-order valence-corrected chi connectivity index (χ2v) is 4.52. The highest BCUT2D eigenvalue weighted by atomic mass is 16.5. The molecular formula is C14H20O2. The molecule has 0 aliphatic rings. The molecule has 0 heterocycles. The van der Waals surface area contributed by atoms with Gasteiger partial charge in [-0.15, -0.1) is 0 Å². The Morgan fingerprint density at radius 2 is 1.88 bits per heavy atom. The minimum absolute atomic E-state index is 0.0590. The van der Waals surface area contributed by atoms with Gasteiger partial charge in [-0.2, -0.15) is 0 Å². The Labute approximate surface area is 97.6 Å². The number of benzene rings is 1.